The Morgan fingerprint density at radius 2 is 1.86 bits per heavy atom. The third-order valence-corrected chi connectivity index (χ3v) is 3.05. The molecule has 0 aliphatic heterocycles. The fraction of sp³-hybridized carbons (Fsp3) is 0.118. The molecule has 0 unspecified atom stereocenters. The van der Waals surface area contributed by atoms with Crippen LogP contribution in [0.3, 0.4) is 0 Å². The summed E-state index contributed by atoms with van der Waals surface area (Å²) in [6.07, 6.45) is 3.56. The van der Waals surface area contributed by atoms with Crippen LogP contribution in [0.15, 0.2) is 54.7 Å². The largest absolute Gasteiger partial charge is 0.359 e. The minimum absolute atomic E-state index is 0.113. The molecule has 0 saturated carbocycles. The van der Waals surface area contributed by atoms with Crippen molar-refractivity contribution in [1.82, 2.24) is 0 Å². The van der Waals surface area contributed by atoms with Crippen LogP contribution in [-0.4, -0.2) is 5.78 Å². The second-order valence-corrected chi connectivity index (χ2v) is 4.52. The quantitative estimate of drug-likeness (QED) is 0.655. The Morgan fingerprint density at radius 3 is 2.48 bits per heavy atom. The zero-order chi connectivity index (χ0) is 15.2. The SMILES string of the molecule is CCc1ccc(C(=O)/C=C/Nc2ccc(F)cc2F)cc1. The molecule has 2 rings (SSSR count). The summed E-state index contributed by atoms with van der Waals surface area (Å²) in [5.41, 5.74) is 1.83. The second kappa shape index (κ2) is 6.79. The summed E-state index contributed by atoms with van der Waals surface area (Å²) in [4.78, 5) is 11.9. The van der Waals surface area contributed by atoms with Gasteiger partial charge in [-0.05, 0) is 24.1 Å². The molecule has 0 spiro atoms. The molecule has 2 aromatic carbocycles. The number of carbonyl (C=O) groups excluding carboxylic acids is 1. The first-order chi connectivity index (χ1) is 10.1. The van der Waals surface area contributed by atoms with Gasteiger partial charge in [0.05, 0.1) is 5.69 Å². The lowest BCUT2D eigenvalue weighted by Gasteiger charge is -2.02. The molecule has 0 aromatic heterocycles. The lowest BCUT2D eigenvalue weighted by Crippen LogP contribution is -1.98. The number of aryl methyl sites for hydroxylation is 1. The van der Waals surface area contributed by atoms with Crippen LogP contribution in [0, 0.1) is 11.6 Å². The summed E-state index contributed by atoms with van der Waals surface area (Å²) in [6, 6.07) is 10.5. The Labute approximate surface area is 122 Å². The first kappa shape index (κ1) is 14.9. The Hall–Kier alpha value is -2.49. The maximum atomic E-state index is 13.4. The van der Waals surface area contributed by atoms with E-state index in [0.29, 0.717) is 5.56 Å². The highest BCUT2D eigenvalue weighted by atomic mass is 19.1. The van der Waals surface area contributed by atoms with Gasteiger partial charge >= 0.3 is 0 Å². The molecule has 2 aromatic rings. The van der Waals surface area contributed by atoms with Gasteiger partial charge in [0.2, 0.25) is 0 Å². The zero-order valence-electron chi connectivity index (χ0n) is 11.6. The Kier molecular flexibility index (Phi) is 4.82. The minimum Gasteiger partial charge on any atom is -0.359 e. The van der Waals surface area contributed by atoms with E-state index in [1.807, 2.05) is 19.1 Å². The van der Waals surface area contributed by atoms with Crippen LogP contribution < -0.4 is 5.32 Å². The van der Waals surface area contributed by atoms with Gasteiger partial charge in [0.1, 0.15) is 11.6 Å². The van der Waals surface area contributed by atoms with Crippen LogP contribution in [0.1, 0.15) is 22.8 Å². The number of benzene rings is 2. The van der Waals surface area contributed by atoms with E-state index in [-0.39, 0.29) is 11.5 Å². The summed E-state index contributed by atoms with van der Waals surface area (Å²) in [6.45, 7) is 2.04. The Bertz CT molecular complexity index is 663. The van der Waals surface area contributed by atoms with E-state index in [2.05, 4.69) is 5.32 Å². The third kappa shape index (κ3) is 3.99. The topological polar surface area (TPSA) is 29.1 Å². The van der Waals surface area contributed by atoms with E-state index in [1.165, 1.54) is 18.3 Å². The average Bonchev–Trinajstić information content (AvgIpc) is 2.49. The highest BCUT2D eigenvalue weighted by Gasteiger charge is 2.03. The monoisotopic (exact) mass is 287 g/mol. The maximum absolute atomic E-state index is 13.4. The fourth-order valence-corrected chi connectivity index (χ4v) is 1.81. The molecule has 0 aliphatic carbocycles. The molecule has 108 valence electrons. The molecule has 0 amide bonds. The molecule has 0 bridgehead atoms. The van der Waals surface area contributed by atoms with Gasteiger partial charge in [0.25, 0.3) is 0 Å². The van der Waals surface area contributed by atoms with Gasteiger partial charge in [0.15, 0.2) is 5.78 Å². The third-order valence-electron chi connectivity index (χ3n) is 3.05. The highest BCUT2D eigenvalue weighted by Crippen LogP contribution is 2.15. The predicted octanol–water partition coefficient (Wildman–Crippen LogP) is 4.34. The van der Waals surface area contributed by atoms with Crippen molar-refractivity contribution in [1.29, 1.82) is 0 Å². The fourth-order valence-electron chi connectivity index (χ4n) is 1.81. The number of allylic oxidation sites excluding steroid dienone is 1. The number of hydrogen-bond donors (Lipinski definition) is 1. The number of hydrogen-bond acceptors (Lipinski definition) is 2. The molecular weight excluding hydrogens is 272 g/mol. The Balaban J connectivity index is 2.01. The van der Waals surface area contributed by atoms with Gasteiger partial charge in [-0.3, -0.25) is 4.79 Å². The van der Waals surface area contributed by atoms with E-state index in [1.54, 1.807) is 12.1 Å². The zero-order valence-corrected chi connectivity index (χ0v) is 11.6. The van der Waals surface area contributed by atoms with E-state index < -0.39 is 11.6 Å². The molecule has 2 nitrogen and oxygen atoms in total. The van der Waals surface area contributed by atoms with Crippen molar-refractivity contribution in [3.8, 4) is 0 Å². The second-order valence-electron chi connectivity index (χ2n) is 4.52. The first-order valence-electron chi connectivity index (χ1n) is 6.61. The van der Waals surface area contributed by atoms with Gasteiger partial charge in [-0.2, -0.15) is 0 Å². The van der Waals surface area contributed by atoms with E-state index in [0.717, 1.165) is 24.1 Å². The van der Waals surface area contributed by atoms with Crippen LogP contribution in [-0.2, 0) is 6.42 Å². The summed E-state index contributed by atoms with van der Waals surface area (Å²) >= 11 is 0. The van der Waals surface area contributed by atoms with Crippen LogP contribution in [0.4, 0.5) is 14.5 Å². The number of anilines is 1. The van der Waals surface area contributed by atoms with Gasteiger partial charge in [-0.15, -0.1) is 0 Å². The van der Waals surface area contributed by atoms with Gasteiger partial charge in [-0.25, -0.2) is 8.78 Å². The van der Waals surface area contributed by atoms with Gasteiger partial charge in [0, 0.05) is 23.9 Å². The number of carbonyl (C=O) groups is 1. The number of nitrogens with one attached hydrogen (secondary N) is 1. The van der Waals surface area contributed by atoms with Gasteiger partial charge in [-0.1, -0.05) is 31.2 Å². The lowest BCUT2D eigenvalue weighted by atomic mass is 10.1. The van der Waals surface area contributed by atoms with Crippen molar-refractivity contribution in [3.63, 3.8) is 0 Å². The lowest BCUT2D eigenvalue weighted by molar-refractivity contribution is 0.104. The summed E-state index contributed by atoms with van der Waals surface area (Å²) in [7, 11) is 0. The van der Waals surface area contributed by atoms with Crippen molar-refractivity contribution in [2.45, 2.75) is 13.3 Å². The van der Waals surface area contributed by atoms with E-state index in [9.17, 15) is 13.6 Å². The van der Waals surface area contributed by atoms with Crippen molar-refractivity contribution >= 4 is 11.5 Å². The molecular formula is C17H15F2NO. The van der Waals surface area contributed by atoms with Crippen LogP contribution in [0.25, 0.3) is 0 Å². The molecule has 1 N–H and O–H groups in total. The maximum Gasteiger partial charge on any atom is 0.187 e. The number of rotatable bonds is 5. The molecule has 0 fully saturated rings. The highest BCUT2D eigenvalue weighted by molar-refractivity contribution is 6.04. The number of halogens is 2. The average molecular weight is 287 g/mol. The minimum atomic E-state index is -0.709. The first-order valence-corrected chi connectivity index (χ1v) is 6.61. The molecule has 0 saturated heterocycles. The molecule has 0 aliphatic rings. The van der Waals surface area contributed by atoms with Crippen LogP contribution in [0.2, 0.25) is 0 Å². The van der Waals surface area contributed by atoms with Gasteiger partial charge < -0.3 is 5.32 Å². The van der Waals surface area contributed by atoms with Crippen molar-refractivity contribution in [2.75, 3.05) is 5.32 Å². The van der Waals surface area contributed by atoms with Crippen LogP contribution >= 0.6 is 0 Å². The van der Waals surface area contributed by atoms with E-state index >= 15 is 0 Å². The molecule has 0 heterocycles. The van der Waals surface area contributed by atoms with Crippen LogP contribution in [0.5, 0.6) is 0 Å². The summed E-state index contributed by atoms with van der Waals surface area (Å²) < 4.78 is 26.1. The Morgan fingerprint density at radius 1 is 1.14 bits per heavy atom. The predicted molar refractivity (Wildman–Crippen MR) is 79.3 cm³/mol. The molecule has 21 heavy (non-hydrogen) atoms. The standard InChI is InChI=1S/C17H15F2NO/c1-2-12-3-5-13(6-4-12)17(21)9-10-20-16-8-7-14(18)11-15(16)19/h3-11,20H,2H2,1H3/b10-9+. The van der Waals surface area contributed by atoms with Crippen molar-refractivity contribution in [2.24, 2.45) is 0 Å². The molecule has 4 heteroatoms. The summed E-state index contributed by atoms with van der Waals surface area (Å²) in [5.74, 6) is -1.54. The van der Waals surface area contributed by atoms with Crippen molar-refractivity contribution < 1.29 is 13.6 Å². The number of ketones is 1. The van der Waals surface area contributed by atoms with Crippen molar-refractivity contribution in [3.05, 3.63) is 77.5 Å². The summed E-state index contributed by atoms with van der Waals surface area (Å²) in [5, 5.41) is 2.62. The normalized spacial score (nSPS) is 10.8. The molecule has 0 atom stereocenters. The molecule has 0 radical (unpaired) electrons. The van der Waals surface area contributed by atoms with E-state index in [4.69, 9.17) is 0 Å². The smallest absolute Gasteiger partial charge is 0.187 e.